The van der Waals surface area contributed by atoms with Crippen molar-refractivity contribution in [1.82, 2.24) is 19.5 Å². The van der Waals surface area contributed by atoms with Gasteiger partial charge in [0.05, 0.1) is 16.7 Å². The molecule has 3 heterocycles. The van der Waals surface area contributed by atoms with Crippen molar-refractivity contribution in [2.45, 2.75) is 0 Å². The lowest BCUT2D eigenvalue weighted by molar-refractivity contribution is 0.669. The maximum Gasteiger partial charge on any atom is 0.166 e. The van der Waals surface area contributed by atoms with E-state index in [0.717, 1.165) is 71.5 Å². The number of para-hydroxylation sites is 2. The second-order valence-corrected chi connectivity index (χ2v) is 15.6. The van der Waals surface area contributed by atoms with Crippen LogP contribution in [0.15, 0.2) is 199 Å². The molecule has 13 rings (SSSR count). The number of furan rings is 1. The molecular formula is C55H32N4O. The third kappa shape index (κ3) is 5.03. The molecule has 0 N–H and O–H groups in total. The van der Waals surface area contributed by atoms with Crippen molar-refractivity contribution >= 4 is 86.8 Å². The summed E-state index contributed by atoms with van der Waals surface area (Å²) in [6, 6.07) is 68.8. The molecule has 0 aliphatic rings. The zero-order valence-electron chi connectivity index (χ0n) is 32.2. The van der Waals surface area contributed by atoms with Crippen molar-refractivity contribution in [3.05, 3.63) is 194 Å². The third-order valence-corrected chi connectivity index (χ3v) is 12.2. The molecule has 0 saturated carbocycles. The summed E-state index contributed by atoms with van der Waals surface area (Å²) in [5, 5.41) is 13.9. The molecule has 0 atom stereocenters. The Hall–Kier alpha value is -8.15. The second-order valence-electron chi connectivity index (χ2n) is 15.6. The van der Waals surface area contributed by atoms with E-state index in [4.69, 9.17) is 19.4 Å². The maximum atomic E-state index is 6.60. The van der Waals surface area contributed by atoms with Crippen LogP contribution in [0.2, 0.25) is 0 Å². The Morgan fingerprint density at radius 2 is 0.883 bits per heavy atom. The summed E-state index contributed by atoms with van der Waals surface area (Å²) in [4.78, 5) is 16.0. The number of fused-ring (bicyclic) bond motifs is 11. The van der Waals surface area contributed by atoms with Gasteiger partial charge in [0.25, 0.3) is 0 Å². The lowest BCUT2D eigenvalue weighted by Crippen LogP contribution is -2.04. The fraction of sp³-hybridized carbons (Fsp3) is 0. The van der Waals surface area contributed by atoms with Crippen LogP contribution in [-0.2, 0) is 0 Å². The Balaban J connectivity index is 1.13. The molecule has 0 fully saturated rings. The van der Waals surface area contributed by atoms with E-state index in [9.17, 15) is 0 Å². The quantitative estimate of drug-likeness (QED) is 0.167. The van der Waals surface area contributed by atoms with Gasteiger partial charge in [0, 0.05) is 38.2 Å². The summed E-state index contributed by atoms with van der Waals surface area (Å²) in [5.74, 6) is 1.76. The predicted octanol–water partition coefficient (Wildman–Crippen LogP) is 14.5. The number of rotatable bonds is 4. The third-order valence-electron chi connectivity index (χ3n) is 12.2. The van der Waals surface area contributed by atoms with Gasteiger partial charge in [-0.25, -0.2) is 15.0 Å². The first-order chi connectivity index (χ1) is 29.7. The first kappa shape index (κ1) is 32.9. The van der Waals surface area contributed by atoms with Gasteiger partial charge in [-0.05, 0) is 91.6 Å². The zero-order valence-corrected chi connectivity index (χ0v) is 32.2. The van der Waals surface area contributed by atoms with Gasteiger partial charge in [0.1, 0.15) is 11.2 Å². The smallest absolute Gasteiger partial charge is 0.166 e. The highest BCUT2D eigenvalue weighted by atomic mass is 16.3. The Kier molecular flexibility index (Phi) is 6.95. The normalized spacial score (nSPS) is 12.0. The van der Waals surface area contributed by atoms with Gasteiger partial charge in [-0.2, -0.15) is 0 Å². The summed E-state index contributed by atoms with van der Waals surface area (Å²) < 4.78 is 8.98. The Bertz CT molecular complexity index is 3910. The summed E-state index contributed by atoms with van der Waals surface area (Å²) in [6.45, 7) is 0. The van der Waals surface area contributed by atoms with Gasteiger partial charge in [0.15, 0.2) is 17.5 Å². The van der Waals surface area contributed by atoms with E-state index in [1.807, 2.05) is 12.1 Å². The minimum Gasteiger partial charge on any atom is -0.456 e. The molecule has 10 aromatic carbocycles. The van der Waals surface area contributed by atoms with Gasteiger partial charge in [-0.3, -0.25) is 0 Å². The standard InChI is InChI=1S/C55H32N4O/c1-2-13-35-27-39(24-21-33(35)11-1)53-56-54(40-25-26-42-38(28-40)23-22-34-12-5-6-16-41(34)42)58-55(57-53)47-32-52-46(44-18-8-10-20-51(44)60-52)31-50(47)59-48-19-9-7-17-43(48)45-29-36-14-3-4-15-37(36)30-49(45)59/h1-32H. The monoisotopic (exact) mass is 764 g/mol. The molecule has 0 saturated heterocycles. The fourth-order valence-electron chi connectivity index (χ4n) is 9.27. The van der Waals surface area contributed by atoms with Gasteiger partial charge in [-0.15, -0.1) is 0 Å². The molecular weight excluding hydrogens is 733 g/mol. The number of hydrogen-bond acceptors (Lipinski definition) is 4. The van der Waals surface area contributed by atoms with Gasteiger partial charge in [0.2, 0.25) is 0 Å². The minimum absolute atomic E-state index is 0.561. The number of aromatic nitrogens is 4. The van der Waals surface area contributed by atoms with Crippen LogP contribution in [0.4, 0.5) is 0 Å². The van der Waals surface area contributed by atoms with E-state index >= 15 is 0 Å². The van der Waals surface area contributed by atoms with E-state index in [2.05, 4.69) is 187 Å². The molecule has 0 unspecified atom stereocenters. The summed E-state index contributed by atoms with van der Waals surface area (Å²) in [6.07, 6.45) is 0. The second kappa shape index (κ2) is 12.7. The van der Waals surface area contributed by atoms with Crippen molar-refractivity contribution in [2.75, 3.05) is 0 Å². The molecule has 5 heteroatoms. The lowest BCUT2D eigenvalue weighted by atomic mass is 10.00. The molecule has 0 aliphatic carbocycles. The molecule has 0 aliphatic heterocycles. The molecule has 0 bridgehead atoms. The molecule has 13 aromatic rings. The van der Waals surface area contributed by atoms with E-state index in [1.54, 1.807) is 0 Å². The van der Waals surface area contributed by atoms with E-state index in [0.29, 0.717) is 17.5 Å². The van der Waals surface area contributed by atoms with Crippen molar-refractivity contribution in [3.8, 4) is 39.9 Å². The SMILES string of the molecule is c1ccc2cc(-c3nc(-c4ccc5c(ccc6ccccc65)c4)nc(-c4cc5oc6ccccc6c5cc4-n4c5ccccc5c5cc6ccccc6cc54)n3)ccc2c1. The lowest BCUT2D eigenvalue weighted by Gasteiger charge is -2.15. The number of nitrogens with zero attached hydrogens (tertiary/aromatic N) is 4. The summed E-state index contributed by atoms with van der Waals surface area (Å²) in [7, 11) is 0. The Morgan fingerprint density at radius 1 is 0.317 bits per heavy atom. The van der Waals surface area contributed by atoms with Crippen molar-refractivity contribution in [2.24, 2.45) is 0 Å². The molecule has 60 heavy (non-hydrogen) atoms. The van der Waals surface area contributed by atoms with Crippen LogP contribution in [0.1, 0.15) is 0 Å². The molecule has 0 radical (unpaired) electrons. The van der Waals surface area contributed by atoms with Gasteiger partial charge in [-0.1, -0.05) is 146 Å². The van der Waals surface area contributed by atoms with Crippen LogP contribution in [0, 0.1) is 0 Å². The predicted molar refractivity (Wildman–Crippen MR) is 248 cm³/mol. The van der Waals surface area contributed by atoms with E-state index in [-0.39, 0.29) is 0 Å². The molecule has 0 amide bonds. The zero-order chi connectivity index (χ0) is 39.3. The van der Waals surface area contributed by atoms with Crippen LogP contribution >= 0.6 is 0 Å². The maximum absolute atomic E-state index is 6.60. The summed E-state index contributed by atoms with van der Waals surface area (Å²) >= 11 is 0. The highest BCUT2D eigenvalue weighted by Gasteiger charge is 2.23. The minimum atomic E-state index is 0.561. The first-order valence-corrected chi connectivity index (χ1v) is 20.3. The number of benzene rings is 10. The van der Waals surface area contributed by atoms with Crippen LogP contribution in [0.25, 0.3) is 127 Å². The van der Waals surface area contributed by atoms with E-state index < -0.39 is 0 Å². The largest absolute Gasteiger partial charge is 0.456 e. The molecule has 5 nitrogen and oxygen atoms in total. The topological polar surface area (TPSA) is 56.7 Å². The number of hydrogen-bond donors (Lipinski definition) is 0. The Morgan fingerprint density at radius 3 is 1.70 bits per heavy atom. The Labute approximate surface area is 343 Å². The van der Waals surface area contributed by atoms with Crippen molar-refractivity contribution in [1.29, 1.82) is 0 Å². The highest BCUT2D eigenvalue weighted by molar-refractivity contribution is 6.15. The van der Waals surface area contributed by atoms with Gasteiger partial charge < -0.3 is 8.98 Å². The van der Waals surface area contributed by atoms with Crippen LogP contribution in [0.5, 0.6) is 0 Å². The highest BCUT2D eigenvalue weighted by Crippen LogP contribution is 2.42. The van der Waals surface area contributed by atoms with Crippen LogP contribution in [0.3, 0.4) is 0 Å². The van der Waals surface area contributed by atoms with Crippen molar-refractivity contribution in [3.63, 3.8) is 0 Å². The summed E-state index contributed by atoms with van der Waals surface area (Å²) in [5.41, 5.74) is 7.44. The molecule has 3 aromatic heterocycles. The average Bonchev–Trinajstić information content (AvgIpc) is 3.84. The van der Waals surface area contributed by atoms with Crippen LogP contribution < -0.4 is 0 Å². The average molecular weight is 765 g/mol. The van der Waals surface area contributed by atoms with Crippen molar-refractivity contribution < 1.29 is 4.42 Å². The molecule has 0 spiro atoms. The first-order valence-electron chi connectivity index (χ1n) is 20.3. The molecule has 278 valence electrons. The van der Waals surface area contributed by atoms with Crippen LogP contribution in [-0.4, -0.2) is 19.5 Å². The van der Waals surface area contributed by atoms with E-state index in [1.165, 1.54) is 37.7 Å². The fourth-order valence-corrected chi connectivity index (χ4v) is 9.27. The van der Waals surface area contributed by atoms with Gasteiger partial charge >= 0.3 is 0 Å².